The summed E-state index contributed by atoms with van der Waals surface area (Å²) >= 11 is 1.89. The molecular formula is C44H57N4O2S+. The van der Waals surface area contributed by atoms with Gasteiger partial charge in [-0.2, -0.15) is 0 Å². The Bertz CT molecular complexity index is 1640. The normalized spacial score (nSPS) is 15.5. The van der Waals surface area contributed by atoms with Crippen LogP contribution in [-0.4, -0.2) is 74.4 Å². The number of hydrogen-bond acceptors (Lipinski definition) is 5. The summed E-state index contributed by atoms with van der Waals surface area (Å²) in [5.41, 5.74) is 5.54. The molecule has 270 valence electrons. The molecule has 2 aliphatic rings. The van der Waals surface area contributed by atoms with Crippen molar-refractivity contribution in [3.05, 3.63) is 103 Å². The van der Waals surface area contributed by atoms with Gasteiger partial charge in [0.25, 0.3) is 0 Å². The molecule has 4 aromatic rings. The number of para-hydroxylation sites is 3. The van der Waals surface area contributed by atoms with Crippen molar-refractivity contribution < 1.29 is 14.0 Å². The molecule has 51 heavy (non-hydrogen) atoms. The second-order valence-corrected chi connectivity index (χ2v) is 16.0. The first-order chi connectivity index (χ1) is 24.9. The van der Waals surface area contributed by atoms with Gasteiger partial charge in [0.2, 0.25) is 0 Å². The van der Waals surface area contributed by atoms with Crippen molar-refractivity contribution in [2.45, 2.75) is 86.6 Å². The number of ether oxygens (including phenoxy) is 1. The van der Waals surface area contributed by atoms with E-state index in [1.807, 2.05) is 54.2 Å². The number of anilines is 3. The number of piperidine rings is 1. The molecule has 0 aliphatic carbocycles. The van der Waals surface area contributed by atoms with Crippen LogP contribution in [-0.2, 0) is 4.74 Å². The molecule has 0 bridgehead atoms. The zero-order valence-corrected chi connectivity index (χ0v) is 31.8. The highest BCUT2D eigenvalue weighted by molar-refractivity contribution is 7.99. The van der Waals surface area contributed by atoms with E-state index >= 15 is 0 Å². The van der Waals surface area contributed by atoms with Crippen LogP contribution in [0.2, 0.25) is 0 Å². The summed E-state index contributed by atoms with van der Waals surface area (Å²) in [4.78, 5) is 20.6. The summed E-state index contributed by atoms with van der Waals surface area (Å²) in [6, 6.07) is 36.3. The van der Waals surface area contributed by atoms with Crippen LogP contribution in [0, 0.1) is 0 Å². The molecule has 1 N–H and O–H groups in total. The van der Waals surface area contributed by atoms with Crippen molar-refractivity contribution in [3.63, 3.8) is 0 Å². The lowest BCUT2D eigenvalue weighted by atomic mass is 10.0. The summed E-state index contributed by atoms with van der Waals surface area (Å²) in [5.74, 6) is 0. The number of likely N-dealkylation sites (tertiary alicyclic amines) is 1. The number of nitrogens with one attached hydrogen (secondary N) is 1. The molecule has 4 aromatic carbocycles. The van der Waals surface area contributed by atoms with Crippen molar-refractivity contribution in [1.29, 1.82) is 0 Å². The van der Waals surface area contributed by atoms with Gasteiger partial charge >= 0.3 is 6.09 Å². The van der Waals surface area contributed by atoms with Crippen LogP contribution >= 0.6 is 11.8 Å². The Labute approximate surface area is 310 Å². The van der Waals surface area contributed by atoms with Gasteiger partial charge in [-0.1, -0.05) is 110 Å². The maximum atomic E-state index is 12.8. The van der Waals surface area contributed by atoms with Crippen LogP contribution in [0.15, 0.2) is 113 Å². The van der Waals surface area contributed by atoms with Gasteiger partial charge < -0.3 is 19.0 Å². The number of likely N-dealkylation sites (N-methyl/N-ethyl adjacent to an activating group) is 1. The molecule has 1 fully saturated rings. The lowest BCUT2D eigenvalue weighted by molar-refractivity contribution is -0.911. The van der Waals surface area contributed by atoms with E-state index in [0.717, 1.165) is 60.3 Å². The lowest BCUT2D eigenvalue weighted by Gasteiger charge is -2.41. The number of fused-ring (bicyclic) bond motifs is 2. The first kappa shape index (κ1) is 37.0. The smallest absolute Gasteiger partial charge is 0.411 e. The quantitative estimate of drug-likeness (QED) is 0.0929. The van der Waals surface area contributed by atoms with E-state index in [1.165, 1.54) is 72.7 Å². The van der Waals surface area contributed by atoms with Crippen LogP contribution in [0.4, 0.5) is 21.9 Å². The highest BCUT2D eigenvalue weighted by Gasteiger charge is 2.30. The minimum Gasteiger partial charge on any atom is -0.446 e. The Kier molecular flexibility index (Phi) is 13.1. The molecule has 6 rings (SSSR count). The van der Waals surface area contributed by atoms with Crippen molar-refractivity contribution >= 4 is 34.9 Å². The SMILES string of the molecule is CC(CN1c2ccccc2Sc2ccccc21)[N+](C)(C)CCCCCCCCCN1CCC(OC(=O)Nc2ccccc2-c2ccccc2)CC1. The number of nitrogens with zero attached hydrogens (tertiary/aromatic N) is 3. The van der Waals surface area contributed by atoms with Gasteiger partial charge in [-0.15, -0.1) is 0 Å². The van der Waals surface area contributed by atoms with E-state index in [-0.39, 0.29) is 12.2 Å². The molecule has 1 saturated heterocycles. The fourth-order valence-electron chi connectivity index (χ4n) is 7.43. The average molecular weight is 706 g/mol. The Hall–Kier alpha value is -3.78. The maximum Gasteiger partial charge on any atom is 0.411 e. The van der Waals surface area contributed by atoms with Crippen LogP contribution in [0.25, 0.3) is 11.1 Å². The van der Waals surface area contributed by atoms with E-state index in [1.54, 1.807) is 0 Å². The van der Waals surface area contributed by atoms with Crippen LogP contribution < -0.4 is 10.2 Å². The lowest BCUT2D eigenvalue weighted by Crippen LogP contribution is -2.52. The van der Waals surface area contributed by atoms with Gasteiger partial charge in [0.05, 0.1) is 44.2 Å². The number of hydrogen-bond donors (Lipinski definition) is 1. The Morgan fingerprint density at radius 2 is 1.33 bits per heavy atom. The fraction of sp³-hybridized carbons (Fsp3) is 0.432. The summed E-state index contributed by atoms with van der Waals surface area (Å²) in [6.45, 7) is 7.81. The third-order valence-electron chi connectivity index (χ3n) is 10.9. The summed E-state index contributed by atoms with van der Waals surface area (Å²) in [6.07, 6.45) is 10.6. The number of unbranched alkanes of at least 4 members (excludes halogenated alkanes) is 6. The van der Waals surface area contributed by atoms with Crippen molar-refractivity contribution in [2.75, 3.05) is 57.0 Å². The Morgan fingerprint density at radius 3 is 2.02 bits per heavy atom. The summed E-state index contributed by atoms with van der Waals surface area (Å²) in [7, 11) is 4.83. The van der Waals surface area contributed by atoms with Gasteiger partial charge in [-0.25, -0.2) is 4.79 Å². The molecule has 2 aliphatic heterocycles. The molecule has 1 atom stereocenters. The third kappa shape index (κ3) is 10.2. The Balaban J connectivity index is 0.818. The second-order valence-electron chi connectivity index (χ2n) is 15.0. The first-order valence-electron chi connectivity index (χ1n) is 19.2. The largest absolute Gasteiger partial charge is 0.446 e. The zero-order valence-electron chi connectivity index (χ0n) is 30.9. The minimum atomic E-state index is -0.358. The number of carbonyl (C=O) groups excluding carboxylic acids is 1. The van der Waals surface area contributed by atoms with E-state index in [4.69, 9.17) is 4.74 Å². The van der Waals surface area contributed by atoms with Crippen molar-refractivity contribution in [2.24, 2.45) is 0 Å². The highest BCUT2D eigenvalue weighted by atomic mass is 32.2. The predicted octanol–water partition coefficient (Wildman–Crippen LogP) is 10.9. The maximum absolute atomic E-state index is 12.8. The van der Waals surface area contributed by atoms with Crippen LogP contribution in [0.3, 0.4) is 0 Å². The van der Waals surface area contributed by atoms with E-state index < -0.39 is 0 Å². The molecule has 2 heterocycles. The van der Waals surface area contributed by atoms with Crippen molar-refractivity contribution in [1.82, 2.24) is 4.90 Å². The second kappa shape index (κ2) is 18.1. The molecule has 1 unspecified atom stereocenters. The first-order valence-corrected chi connectivity index (χ1v) is 20.0. The summed E-state index contributed by atoms with van der Waals surface area (Å²) in [5, 5.41) is 2.99. The monoisotopic (exact) mass is 705 g/mol. The number of benzene rings is 4. The minimum absolute atomic E-state index is 0.0194. The van der Waals surface area contributed by atoms with E-state index in [0.29, 0.717) is 6.04 Å². The average Bonchev–Trinajstić information content (AvgIpc) is 3.15. The number of quaternary nitrogens is 1. The van der Waals surface area contributed by atoms with Crippen molar-refractivity contribution in [3.8, 4) is 11.1 Å². The number of rotatable bonds is 16. The number of carbonyl (C=O) groups is 1. The van der Waals surface area contributed by atoms with Crippen LogP contribution in [0.5, 0.6) is 0 Å². The van der Waals surface area contributed by atoms with Gasteiger partial charge in [0.15, 0.2) is 0 Å². The molecule has 0 radical (unpaired) electrons. The highest BCUT2D eigenvalue weighted by Crippen LogP contribution is 2.48. The van der Waals surface area contributed by atoms with Gasteiger partial charge in [-0.3, -0.25) is 5.32 Å². The molecule has 7 heteroatoms. The topological polar surface area (TPSA) is 44.8 Å². The molecule has 6 nitrogen and oxygen atoms in total. The van der Waals surface area contributed by atoms with E-state index in [9.17, 15) is 4.79 Å². The predicted molar refractivity (Wildman–Crippen MR) is 214 cm³/mol. The molecule has 0 spiro atoms. The van der Waals surface area contributed by atoms with Gasteiger partial charge in [-0.05, 0) is 81.5 Å². The molecule has 1 amide bonds. The number of amides is 1. The van der Waals surface area contributed by atoms with Gasteiger partial charge in [0, 0.05) is 28.4 Å². The summed E-state index contributed by atoms with van der Waals surface area (Å²) < 4.78 is 6.88. The molecule has 0 saturated carbocycles. The standard InChI is InChI=1S/C44H56N4O2S/c1-35(34-47-40-24-14-16-26-42(40)51-43-27-17-15-25-41(43)47)48(2,3)33-19-8-6-4-5-7-18-30-46-31-28-37(29-32-46)50-44(49)45-39-23-13-12-22-38(39)36-20-10-9-11-21-36/h9-17,20-27,35,37H,4-8,18-19,28-34H2,1-3H3/p+1. The Morgan fingerprint density at radius 1 is 0.765 bits per heavy atom. The molecule has 0 aromatic heterocycles. The van der Waals surface area contributed by atoms with Crippen LogP contribution in [0.1, 0.15) is 64.7 Å². The zero-order chi connectivity index (χ0) is 35.5. The fourth-order valence-corrected chi connectivity index (χ4v) is 8.52. The molecular weight excluding hydrogens is 649 g/mol. The third-order valence-corrected chi connectivity index (χ3v) is 12.1. The van der Waals surface area contributed by atoms with E-state index in [2.05, 4.69) is 96.8 Å². The van der Waals surface area contributed by atoms with Gasteiger partial charge in [0.1, 0.15) is 12.1 Å².